The Hall–Kier alpha value is -1.84. The molecule has 0 spiro atoms. The minimum absolute atomic E-state index is 0.0850. The molecule has 0 saturated heterocycles. The summed E-state index contributed by atoms with van der Waals surface area (Å²) < 4.78 is 11.1. The summed E-state index contributed by atoms with van der Waals surface area (Å²) in [7, 11) is 1.65. The van der Waals surface area contributed by atoms with Crippen LogP contribution in [0.1, 0.15) is 13.8 Å². The number of thioether (sulfide) groups is 1. The summed E-state index contributed by atoms with van der Waals surface area (Å²) in [6.07, 6.45) is 0. The smallest absolute Gasteiger partial charge is 0.237 e. The van der Waals surface area contributed by atoms with Gasteiger partial charge in [0.2, 0.25) is 11.0 Å². The first-order valence-electron chi connectivity index (χ1n) is 7.89. The highest BCUT2D eigenvalue weighted by Crippen LogP contribution is 2.29. The molecule has 1 aromatic heterocycles. The van der Waals surface area contributed by atoms with E-state index in [0.29, 0.717) is 19.8 Å². The molecule has 2 rings (SSSR count). The largest absolute Gasteiger partial charge is 0.494 e. The molecule has 1 aromatic carbocycles. The number of anilines is 2. The van der Waals surface area contributed by atoms with Crippen LogP contribution >= 0.6 is 23.1 Å². The summed E-state index contributed by atoms with van der Waals surface area (Å²) in [6.45, 7) is 5.66. The number of ether oxygens (including phenoxy) is 2. The molecule has 7 nitrogen and oxygen atoms in total. The second kappa shape index (κ2) is 10.2. The quantitative estimate of drug-likeness (QED) is 0.482. The number of hydrogen-bond donors (Lipinski definition) is 2. The molecule has 0 aliphatic carbocycles. The Bertz CT molecular complexity index is 664. The molecule has 25 heavy (non-hydrogen) atoms. The summed E-state index contributed by atoms with van der Waals surface area (Å²) in [5.41, 5.74) is 0.736. The Morgan fingerprint density at radius 1 is 1.32 bits per heavy atom. The zero-order chi connectivity index (χ0) is 18.1. The van der Waals surface area contributed by atoms with Gasteiger partial charge in [-0.2, -0.15) is 0 Å². The van der Waals surface area contributed by atoms with E-state index in [-0.39, 0.29) is 11.2 Å². The summed E-state index contributed by atoms with van der Waals surface area (Å²) in [4.78, 5) is 12.3. The van der Waals surface area contributed by atoms with Crippen molar-refractivity contribution in [3.05, 3.63) is 24.3 Å². The SMILES string of the molecule is CCOc1ccc(NC(=O)[C@H](C)Sc2nnc(NCCOC)s2)cc1. The molecular formula is C16H22N4O3S2. The predicted molar refractivity (Wildman–Crippen MR) is 102 cm³/mol. The second-order valence-corrected chi connectivity index (χ2v) is 7.56. The summed E-state index contributed by atoms with van der Waals surface area (Å²) >= 11 is 2.80. The average molecular weight is 383 g/mol. The molecule has 0 radical (unpaired) electrons. The van der Waals surface area contributed by atoms with E-state index < -0.39 is 0 Å². The van der Waals surface area contributed by atoms with Crippen LogP contribution in [0, 0.1) is 0 Å². The lowest BCUT2D eigenvalue weighted by molar-refractivity contribution is -0.115. The van der Waals surface area contributed by atoms with Gasteiger partial charge in [-0.25, -0.2) is 0 Å². The molecule has 0 aliphatic rings. The molecule has 1 heterocycles. The number of methoxy groups -OCH3 is 1. The van der Waals surface area contributed by atoms with Gasteiger partial charge >= 0.3 is 0 Å². The number of nitrogens with one attached hydrogen (secondary N) is 2. The Morgan fingerprint density at radius 3 is 2.76 bits per heavy atom. The molecule has 0 saturated carbocycles. The van der Waals surface area contributed by atoms with Crippen LogP contribution < -0.4 is 15.4 Å². The van der Waals surface area contributed by atoms with E-state index >= 15 is 0 Å². The van der Waals surface area contributed by atoms with Crippen molar-refractivity contribution >= 4 is 39.8 Å². The third-order valence-electron chi connectivity index (χ3n) is 3.07. The maximum absolute atomic E-state index is 12.3. The number of nitrogens with zero attached hydrogens (tertiary/aromatic N) is 2. The monoisotopic (exact) mass is 382 g/mol. The molecule has 136 valence electrons. The third kappa shape index (κ3) is 6.52. The van der Waals surface area contributed by atoms with Crippen molar-refractivity contribution in [3.63, 3.8) is 0 Å². The summed E-state index contributed by atoms with van der Waals surface area (Å²) in [6, 6.07) is 7.31. The van der Waals surface area contributed by atoms with Crippen LogP contribution in [-0.4, -0.2) is 48.2 Å². The van der Waals surface area contributed by atoms with Crippen molar-refractivity contribution in [3.8, 4) is 5.75 Å². The number of hydrogen-bond acceptors (Lipinski definition) is 8. The lowest BCUT2D eigenvalue weighted by Gasteiger charge is -2.11. The predicted octanol–water partition coefficient (Wildman–Crippen LogP) is 3.11. The highest BCUT2D eigenvalue weighted by Gasteiger charge is 2.17. The van der Waals surface area contributed by atoms with Crippen LogP contribution in [0.3, 0.4) is 0 Å². The van der Waals surface area contributed by atoms with Gasteiger partial charge in [0.25, 0.3) is 0 Å². The summed E-state index contributed by atoms with van der Waals surface area (Å²) in [5.74, 6) is 0.698. The first-order valence-corrected chi connectivity index (χ1v) is 9.58. The van der Waals surface area contributed by atoms with E-state index in [9.17, 15) is 4.79 Å². The van der Waals surface area contributed by atoms with Crippen molar-refractivity contribution in [1.82, 2.24) is 10.2 Å². The fourth-order valence-corrected chi connectivity index (χ4v) is 3.76. The van der Waals surface area contributed by atoms with E-state index in [4.69, 9.17) is 9.47 Å². The highest BCUT2D eigenvalue weighted by molar-refractivity contribution is 8.02. The Kier molecular flexibility index (Phi) is 7.96. The van der Waals surface area contributed by atoms with Crippen molar-refractivity contribution < 1.29 is 14.3 Å². The number of rotatable bonds is 10. The van der Waals surface area contributed by atoms with Gasteiger partial charge < -0.3 is 20.1 Å². The first-order chi connectivity index (χ1) is 12.1. The molecule has 1 amide bonds. The van der Waals surface area contributed by atoms with Gasteiger partial charge in [-0.15, -0.1) is 10.2 Å². The zero-order valence-corrected chi connectivity index (χ0v) is 16.1. The van der Waals surface area contributed by atoms with E-state index in [2.05, 4.69) is 20.8 Å². The normalized spacial score (nSPS) is 11.8. The van der Waals surface area contributed by atoms with Crippen LogP contribution in [0.2, 0.25) is 0 Å². The lowest BCUT2D eigenvalue weighted by Crippen LogP contribution is -2.22. The van der Waals surface area contributed by atoms with Crippen LogP contribution in [0.5, 0.6) is 5.75 Å². The Labute approximate surface area is 155 Å². The molecule has 0 fully saturated rings. The fraction of sp³-hybridized carbons (Fsp3) is 0.438. The van der Waals surface area contributed by atoms with Gasteiger partial charge in [-0.05, 0) is 38.1 Å². The van der Waals surface area contributed by atoms with Gasteiger partial charge in [0.05, 0.1) is 18.5 Å². The van der Waals surface area contributed by atoms with Crippen LogP contribution in [0.4, 0.5) is 10.8 Å². The lowest BCUT2D eigenvalue weighted by atomic mass is 10.3. The maximum Gasteiger partial charge on any atom is 0.237 e. The van der Waals surface area contributed by atoms with Crippen molar-refractivity contribution in [2.45, 2.75) is 23.4 Å². The zero-order valence-electron chi connectivity index (χ0n) is 14.4. The van der Waals surface area contributed by atoms with Gasteiger partial charge in [0.15, 0.2) is 4.34 Å². The van der Waals surface area contributed by atoms with Crippen molar-refractivity contribution in [1.29, 1.82) is 0 Å². The minimum Gasteiger partial charge on any atom is -0.494 e. The van der Waals surface area contributed by atoms with Crippen molar-refractivity contribution in [2.75, 3.05) is 37.5 Å². The Balaban J connectivity index is 1.83. The molecule has 2 N–H and O–H groups in total. The average Bonchev–Trinajstić information content (AvgIpc) is 3.04. The fourth-order valence-electron chi connectivity index (χ4n) is 1.84. The van der Waals surface area contributed by atoms with E-state index in [1.165, 1.54) is 23.1 Å². The molecule has 1 atom stereocenters. The Morgan fingerprint density at radius 2 is 2.08 bits per heavy atom. The molecule has 0 unspecified atom stereocenters. The molecule has 0 bridgehead atoms. The van der Waals surface area contributed by atoms with Crippen LogP contribution in [0.15, 0.2) is 28.6 Å². The molecular weight excluding hydrogens is 360 g/mol. The van der Waals surface area contributed by atoms with Crippen LogP contribution in [0.25, 0.3) is 0 Å². The molecule has 9 heteroatoms. The molecule has 0 aliphatic heterocycles. The number of carbonyl (C=O) groups is 1. The topological polar surface area (TPSA) is 85.4 Å². The van der Waals surface area contributed by atoms with Gasteiger partial charge in [-0.1, -0.05) is 23.1 Å². The van der Waals surface area contributed by atoms with E-state index in [0.717, 1.165) is 20.9 Å². The van der Waals surface area contributed by atoms with Crippen molar-refractivity contribution in [2.24, 2.45) is 0 Å². The minimum atomic E-state index is -0.286. The highest BCUT2D eigenvalue weighted by atomic mass is 32.2. The number of carbonyl (C=O) groups excluding carboxylic acids is 1. The van der Waals surface area contributed by atoms with Crippen LogP contribution in [-0.2, 0) is 9.53 Å². The van der Waals surface area contributed by atoms with Gasteiger partial charge in [-0.3, -0.25) is 4.79 Å². The number of aromatic nitrogens is 2. The number of amides is 1. The van der Waals surface area contributed by atoms with Gasteiger partial charge in [0.1, 0.15) is 5.75 Å². The van der Waals surface area contributed by atoms with E-state index in [1.807, 2.05) is 38.1 Å². The standard InChI is InChI=1S/C16H22N4O3S2/c1-4-23-13-7-5-12(6-8-13)18-14(21)11(2)24-16-20-19-15(25-16)17-9-10-22-3/h5-8,11H,4,9-10H2,1-3H3,(H,17,19)(H,18,21)/t11-/m0/s1. The number of benzene rings is 1. The van der Waals surface area contributed by atoms with E-state index in [1.54, 1.807) is 7.11 Å². The second-order valence-electron chi connectivity index (χ2n) is 5.00. The molecule has 2 aromatic rings. The maximum atomic E-state index is 12.3. The third-order valence-corrected chi connectivity index (χ3v) is 5.13. The summed E-state index contributed by atoms with van der Waals surface area (Å²) in [5, 5.41) is 14.6. The first kappa shape index (κ1) is 19.5. The van der Waals surface area contributed by atoms with Gasteiger partial charge in [0, 0.05) is 19.3 Å².